The zero-order chi connectivity index (χ0) is 26.8. The smallest absolute Gasteiger partial charge is 0.331 e. The van der Waals surface area contributed by atoms with Crippen LogP contribution in [-0.4, -0.2) is 52.3 Å². The lowest BCUT2D eigenvalue weighted by Gasteiger charge is -2.33. The molecule has 198 valence electrons. The van der Waals surface area contributed by atoms with Gasteiger partial charge in [0.05, 0.1) is 41.1 Å². The third-order valence-electron chi connectivity index (χ3n) is 7.09. The number of aryl methyl sites for hydroxylation is 1. The molecule has 2 fully saturated rings. The number of halogens is 1. The van der Waals surface area contributed by atoms with E-state index in [1.807, 2.05) is 19.1 Å². The number of ether oxygens (including phenoxy) is 2. The summed E-state index contributed by atoms with van der Waals surface area (Å²) in [6, 6.07) is 12.2. The molecule has 10 heteroatoms. The van der Waals surface area contributed by atoms with E-state index in [4.69, 9.17) is 26.3 Å². The van der Waals surface area contributed by atoms with Gasteiger partial charge in [-0.3, -0.25) is 18.7 Å². The Morgan fingerprint density at radius 1 is 1.18 bits per heavy atom. The van der Waals surface area contributed by atoms with E-state index in [1.165, 1.54) is 4.57 Å². The number of morpholine rings is 1. The van der Waals surface area contributed by atoms with Crippen LogP contribution in [0.25, 0.3) is 10.9 Å². The van der Waals surface area contributed by atoms with Crippen LogP contribution in [0.3, 0.4) is 0 Å². The lowest BCUT2D eigenvalue weighted by Crippen LogP contribution is -2.48. The lowest BCUT2D eigenvalue weighted by molar-refractivity contribution is -0.139. The average molecular weight is 537 g/mol. The summed E-state index contributed by atoms with van der Waals surface area (Å²) in [4.78, 5) is 41.0. The number of amides is 1. The van der Waals surface area contributed by atoms with Crippen molar-refractivity contribution in [1.29, 1.82) is 5.26 Å². The molecule has 1 unspecified atom stereocenters. The van der Waals surface area contributed by atoms with E-state index < -0.39 is 0 Å². The average Bonchev–Trinajstić information content (AvgIpc) is 3.75. The van der Waals surface area contributed by atoms with Crippen molar-refractivity contribution in [3.05, 3.63) is 73.4 Å². The van der Waals surface area contributed by atoms with Crippen molar-refractivity contribution < 1.29 is 14.3 Å². The summed E-state index contributed by atoms with van der Waals surface area (Å²) in [7, 11) is 0. The van der Waals surface area contributed by atoms with Gasteiger partial charge in [-0.05, 0) is 55.5 Å². The Kier molecular flexibility index (Phi) is 7.54. The lowest BCUT2D eigenvalue weighted by atomic mass is 10.1. The van der Waals surface area contributed by atoms with Crippen LogP contribution < -0.4 is 16.0 Å². The van der Waals surface area contributed by atoms with Crippen LogP contribution in [0.15, 0.2) is 46.0 Å². The number of carbonyl (C=O) groups excluding carboxylic acids is 1. The second-order valence-electron chi connectivity index (χ2n) is 9.81. The molecule has 1 atom stereocenters. The first-order valence-electron chi connectivity index (χ1n) is 12.9. The standard InChI is InChI=1S/C28H29ClN4O5/c1-2-32-25-8-5-19(11-23(25)27(35)33(28(32)36)15-18-3-4-18)12-26(34)31-9-10-37-22(16-31)17-38-21-7-6-20(14-30)24(29)13-21/h5-8,11,13,18,22H,2-4,9-10,12,15-17H2,1H3. The molecule has 0 N–H and O–H groups in total. The van der Waals surface area contributed by atoms with Gasteiger partial charge in [0.15, 0.2) is 0 Å². The Bertz CT molecular complexity index is 1540. The largest absolute Gasteiger partial charge is 0.491 e. The first kappa shape index (κ1) is 26.0. The van der Waals surface area contributed by atoms with E-state index >= 15 is 0 Å². The van der Waals surface area contributed by atoms with Crippen molar-refractivity contribution in [3.63, 3.8) is 0 Å². The highest BCUT2D eigenvalue weighted by molar-refractivity contribution is 6.31. The van der Waals surface area contributed by atoms with E-state index in [-0.39, 0.29) is 36.3 Å². The van der Waals surface area contributed by atoms with Crippen molar-refractivity contribution in [1.82, 2.24) is 14.0 Å². The molecular formula is C28H29ClN4O5. The van der Waals surface area contributed by atoms with E-state index in [2.05, 4.69) is 0 Å². The molecule has 1 saturated carbocycles. The molecule has 9 nitrogen and oxygen atoms in total. The third kappa shape index (κ3) is 5.47. The molecule has 1 aliphatic carbocycles. The number of carbonyl (C=O) groups is 1. The Morgan fingerprint density at radius 2 is 2.00 bits per heavy atom. The predicted octanol–water partition coefficient (Wildman–Crippen LogP) is 2.97. The maximum atomic E-state index is 13.2. The monoisotopic (exact) mass is 536 g/mol. The van der Waals surface area contributed by atoms with Gasteiger partial charge >= 0.3 is 5.69 Å². The molecule has 1 aliphatic heterocycles. The third-order valence-corrected chi connectivity index (χ3v) is 7.40. The van der Waals surface area contributed by atoms with Crippen LogP contribution in [0.2, 0.25) is 5.02 Å². The molecule has 2 heterocycles. The van der Waals surface area contributed by atoms with Gasteiger partial charge in [-0.2, -0.15) is 5.26 Å². The van der Waals surface area contributed by atoms with Crippen molar-refractivity contribution >= 4 is 28.4 Å². The SMILES string of the molecule is CCn1c(=O)n(CC2CC2)c(=O)c2cc(CC(=O)N3CCOC(COc4ccc(C#N)c(Cl)c4)C3)ccc21. The van der Waals surface area contributed by atoms with E-state index in [0.29, 0.717) is 65.9 Å². The molecule has 2 aliphatic rings. The molecule has 0 spiro atoms. The van der Waals surface area contributed by atoms with Gasteiger partial charge in [0.1, 0.15) is 24.5 Å². The van der Waals surface area contributed by atoms with Gasteiger partial charge in [-0.25, -0.2) is 4.79 Å². The number of rotatable bonds is 8. The normalized spacial score (nSPS) is 17.4. The zero-order valence-electron chi connectivity index (χ0n) is 21.2. The second kappa shape index (κ2) is 11.0. The summed E-state index contributed by atoms with van der Waals surface area (Å²) in [5.41, 5.74) is 1.13. The fourth-order valence-electron chi connectivity index (χ4n) is 4.80. The highest BCUT2D eigenvalue weighted by Crippen LogP contribution is 2.30. The van der Waals surface area contributed by atoms with Crippen molar-refractivity contribution in [2.75, 3.05) is 26.3 Å². The van der Waals surface area contributed by atoms with Gasteiger partial charge in [0.25, 0.3) is 5.56 Å². The van der Waals surface area contributed by atoms with Crippen LogP contribution in [0, 0.1) is 17.2 Å². The molecule has 1 aromatic heterocycles. The topological polar surface area (TPSA) is 107 Å². The van der Waals surface area contributed by atoms with Gasteiger partial charge in [-0.1, -0.05) is 17.7 Å². The maximum Gasteiger partial charge on any atom is 0.331 e. The van der Waals surface area contributed by atoms with Crippen LogP contribution in [-0.2, 0) is 29.0 Å². The number of nitriles is 1. The Morgan fingerprint density at radius 3 is 2.71 bits per heavy atom. The number of hydrogen-bond acceptors (Lipinski definition) is 6. The van der Waals surface area contributed by atoms with Gasteiger partial charge in [-0.15, -0.1) is 0 Å². The molecule has 0 radical (unpaired) electrons. The minimum atomic E-state index is -0.313. The van der Waals surface area contributed by atoms with E-state index in [0.717, 1.165) is 18.4 Å². The second-order valence-corrected chi connectivity index (χ2v) is 10.2. The Hall–Kier alpha value is -3.61. The van der Waals surface area contributed by atoms with Gasteiger partial charge in [0, 0.05) is 25.7 Å². The summed E-state index contributed by atoms with van der Waals surface area (Å²) < 4.78 is 14.5. The molecule has 38 heavy (non-hydrogen) atoms. The van der Waals surface area contributed by atoms with Crippen molar-refractivity contribution in [3.8, 4) is 11.8 Å². The first-order chi connectivity index (χ1) is 18.4. The summed E-state index contributed by atoms with van der Waals surface area (Å²) in [5, 5.41) is 9.79. The fraction of sp³-hybridized carbons (Fsp3) is 0.429. The number of hydrogen-bond donors (Lipinski definition) is 0. The van der Waals surface area contributed by atoms with Crippen LogP contribution in [0.1, 0.15) is 30.9 Å². The number of benzene rings is 2. The summed E-state index contributed by atoms with van der Waals surface area (Å²) in [6.07, 6.45) is 1.91. The van der Waals surface area contributed by atoms with Crippen molar-refractivity contribution in [2.24, 2.45) is 5.92 Å². The van der Waals surface area contributed by atoms with Gasteiger partial charge < -0.3 is 14.4 Å². The zero-order valence-corrected chi connectivity index (χ0v) is 21.9. The number of nitrogens with zero attached hydrogens (tertiary/aromatic N) is 4. The number of aromatic nitrogens is 2. The van der Waals surface area contributed by atoms with Crippen LogP contribution >= 0.6 is 11.6 Å². The Labute approximate surface area is 224 Å². The molecule has 3 aromatic rings. The van der Waals surface area contributed by atoms with Crippen LogP contribution in [0.4, 0.5) is 0 Å². The maximum absolute atomic E-state index is 13.2. The molecular weight excluding hydrogens is 508 g/mol. The molecule has 2 aromatic carbocycles. The van der Waals surface area contributed by atoms with Crippen molar-refractivity contribution in [2.45, 2.75) is 45.4 Å². The number of fused-ring (bicyclic) bond motifs is 1. The molecule has 1 amide bonds. The molecule has 5 rings (SSSR count). The van der Waals surface area contributed by atoms with Crippen LogP contribution in [0.5, 0.6) is 5.75 Å². The quantitative estimate of drug-likeness (QED) is 0.438. The van der Waals surface area contributed by atoms with E-state index in [1.54, 1.807) is 39.8 Å². The highest BCUT2D eigenvalue weighted by Gasteiger charge is 2.26. The predicted molar refractivity (Wildman–Crippen MR) is 143 cm³/mol. The summed E-state index contributed by atoms with van der Waals surface area (Å²) >= 11 is 6.07. The summed E-state index contributed by atoms with van der Waals surface area (Å²) in [5.74, 6) is 0.844. The molecule has 1 saturated heterocycles. The van der Waals surface area contributed by atoms with E-state index in [9.17, 15) is 14.4 Å². The highest BCUT2D eigenvalue weighted by atomic mass is 35.5. The summed E-state index contributed by atoms with van der Waals surface area (Å²) in [6.45, 7) is 4.26. The fourth-order valence-corrected chi connectivity index (χ4v) is 5.02. The Balaban J connectivity index is 1.27. The minimum Gasteiger partial charge on any atom is -0.491 e. The molecule has 0 bridgehead atoms. The first-order valence-corrected chi connectivity index (χ1v) is 13.2. The van der Waals surface area contributed by atoms with Gasteiger partial charge in [0.2, 0.25) is 5.91 Å². The minimum absolute atomic E-state index is 0.0683.